The molecule has 4 heteroatoms. The van der Waals surface area contributed by atoms with E-state index in [1.165, 1.54) is 19.3 Å². The SMILES string of the molecule is CC(C)O[Si](CC1CCC1)(OC(C)C)OC(C)C. The molecule has 0 heterocycles. The van der Waals surface area contributed by atoms with Crippen molar-refractivity contribution in [3.63, 3.8) is 0 Å². The normalized spacial score (nSPS) is 17.8. The molecular formula is C14H30O3Si. The third kappa shape index (κ3) is 5.39. The van der Waals surface area contributed by atoms with Gasteiger partial charge in [0, 0.05) is 24.4 Å². The van der Waals surface area contributed by atoms with Gasteiger partial charge < -0.3 is 13.3 Å². The van der Waals surface area contributed by atoms with E-state index in [1.807, 2.05) is 0 Å². The van der Waals surface area contributed by atoms with Crippen molar-refractivity contribution in [3.05, 3.63) is 0 Å². The molecule has 1 aliphatic carbocycles. The molecule has 1 aliphatic rings. The van der Waals surface area contributed by atoms with Crippen molar-refractivity contribution in [2.75, 3.05) is 0 Å². The zero-order valence-electron chi connectivity index (χ0n) is 12.9. The zero-order chi connectivity index (χ0) is 13.8. The minimum atomic E-state index is -2.52. The van der Waals surface area contributed by atoms with Crippen LogP contribution in [0.4, 0.5) is 0 Å². The van der Waals surface area contributed by atoms with Crippen LogP contribution in [-0.4, -0.2) is 27.1 Å². The maximum atomic E-state index is 6.16. The Kier molecular flexibility index (Phi) is 6.31. The van der Waals surface area contributed by atoms with Crippen LogP contribution in [0.3, 0.4) is 0 Å². The smallest absolute Gasteiger partial charge is 0.371 e. The van der Waals surface area contributed by atoms with Gasteiger partial charge >= 0.3 is 8.80 Å². The zero-order valence-corrected chi connectivity index (χ0v) is 13.9. The topological polar surface area (TPSA) is 27.7 Å². The standard InChI is InChI=1S/C14H30O3Si/c1-11(2)15-18(16-12(3)4,17-13(5)6)10-14-8-7-9-14/h11-14H,7-10H2,1-6H3. The average molecular weight is 274 g/mol. The van der Waals surface area contributed by atoms with E-state index in [1.54, 1.807) is 0 Å². The predicted octanol–water partition coefficient (Wildman–Crippen LogP) is 4.00. The fraction of sp³-hybridized carbons (Fsp3) is 1.00. The van der Waals surface area contributed by atoms with Crippen LogP contribution in [0.5, 0.6) is 0 Å². The Bertz CT molecular complexity index is 211. The Morgan fingerprint density at radius 1 is 0.833 bits per heavy atom. The van der Waals surface area contributed by atoms with Crippen LogP contribution in [0.2, 0.25) is 6.04 Å². The molecule has 1 saturated carbocycles. The molecule has 0 radical (unpaired) electrons. The molecule has 0 aromatic carbocycles. The highest BCUT2D eigenvalue weighted by molar-refractivity contribution is 6.61. The van der Waals surface area contributed by atoms with E-state index in [4.69, 9.17) is 13.3 Å². The van der Waals surface area contributed by atoms with Crippen molar-refractivity contribution in [3.8, 4) is 0 Å². The van der Waals surface area contributed by atoms with Crippen LogP contribution in [0.15, 0.2) is 0 Å². The lowest BCUT2D eigenvalue weighted by atomic mass is 9.87. The molecule has 1 rings (SSSR count). The molecule has 0 amide bonds. The monoisotopic (exact) mass is 274 g/mol. The molecule has 18 heavy (non-hydrogen) atoms. The molecule has 0 aromatic rings. The van der Waals surface area contributed by atoms with Crippen molar-refractivity contribution >= 4 is 8.80 Å². The average Bonchev–Trinajstić information content (AvgIpc) is 2.07. The van der Waals surface area contributed by atoms with Crippen LogP contribution >= 0.6 is 0 Å². The van der Waals surface area contributed by atoms with Crippen molar-refractivity contribution in [1.82, 2.24) is 0 Å². The van der Waals surface area contributed by atoms with E-state index in [0.717, 1.165) is 12.0 Å². The summed E-state index contributed by atoms with van der Waals surface area (Å²) in [6, 6.07) is 0.988. The van der Waals surface area contributed by atoms with E-state index in [9.17, 15) is 0 Å². The van der Waals surface area contributed by atoms with Gasteiger partial charge in [-0.2, -0.15) is 0 Å². The Hall–Kier alpha value is 0.0969. The summed E-state index contributed by atoms with van der Waals surface area (Å²) in [6.07, 6.45) is 4.44. The second kappa shape index (κ2) is 7.03. The Morgan fingerprint density at radius 3 is 1.44 bits per heavy atom. The molecule has 0 bridgehead atoms. The van der Waals surface area contributed by atoms with E-state index < -0.39 is 8.80 Å². The van der Waals surface area contributed by atoms with Gasteiger partial charge in [-0.25, -0.2) is 0 Å². The Morgan fingerprint density at radius 2 is 1.22 bits per heavy atom. The van der Waals surface area contributed by atoms with Crippen LogP contribution in [0.1, 0.15) is 60.8 Å². The molecule has 0 aromatic heterocycles. The van der Waals surface area contributed by atoms with Crippen LogP contribution < -0.4 is 0 Å². The minimum Gasteiger partial charge on any atom is -0.371 e. The van der Waals surface area contributed by atoms with Crippen molar-refractivity contribution in [2.45, 2.75) is 85.2 Å². The first kappa shape index (κ1) is 16.2. The van der Waals surface area contributed by atoms with E-state index in [0.29, 0.717) is 0 Å². The minimum absolute atomic E-state index is 0.161. The maximum absolute atomic E-state index is 6.16. The second-order valence-corrected chi connectivity index (χ2v) is 8.67. The molecule has 0 N–H and O–H groups in total. The van der Waals surface area contributed by atoms with Gasteiger partial charge in [0.2, 0.25) is 0 Å². The summed E-state index contributed by atoms with van der Waals surface area (Å²) in [6.45, 7) is 12.4. The highest BCUT2D eigenvalue weighted by Crippen LogP contribution is 2.36. The summed E-state index contributed by atoms with van der Waals surface area (Å²) >= 11 is 0. The molecule has 0 atom stereocenters. The fourth-order valence-corrected chi connectivity index (χ4v) is 6.08. The number of hydrogen-bond donors (Lipinski definition) is 0. The summed E-state index contributed by atoms with van der Waals surface area (Å²) < 4.78 is 18.5. The van der Waals surface area contributed by atoms with E-state index in [2.05, 4.69) is 41.5 Å². The first-order valence-electron chi connectivity index (χ1n) is 7.36. The van der Waals surface area contributed by atoms with Gasteiger partial charge in [0.1, 0.15) is 0 Å². The van der Waals surface area contributed by atoms with Gasteiger partial charge in [0.15, 0.2) is 0 Å². The lowest BCUT2D eigenvalue weighted by Crippen LogP contribution is -2.52. The summed E-state index contributed by atoms with van der Waals surface area (Å²) in [7, 11) is -2.52. The van der Waals surface area contributed by atoms with Crippen LogP contribution in [-0.2, 0) is 13.3 Å². The van der Waals surface area contributed by atoms with Crippen LogP contribution in [0, 0.1) is 5.92 Å². The fourth-order valence-electron chi connectivity index (χ4n) is 2.36. The van der Waals surface area contributed by atoms with Crippen molar-refractivity contribution in [1.29, 1.82) is 0 Å². The second-order valence-electron chi connectivity index (χ2n) is 6.18. The van der Waals surface area contributed by atoms with Crippen molar-refractivity contribution in [2.24, 2.45) is 5.92 Å². The molecular weight excluding hydrogens is 244 g/mol. The van der Waals surface area contributed by atoms with E-state index in [-0.39, 0.29) is 18.3 Å². The summed E-state index contributed by atoms with van der Waals surface area (Å²) in [5.74, 6) is 0.743. The Balaban J connectivity index is 2.75. The molecule has 0 aliphatic heterocycles. The third-order valence-corrected chi connectivity index (χ3v) is 6.58. The summed E-state index contributed by atoms with van der Waals surface area (Å²) in [5.41, 5.74) is 0. The molecule has 1 fully saturated rings. The number of rotatable bonds is 8. The van der Waals surface area contributed by atoms with Gasteiger partial charge in [0.25, 0.3) is 0 Å². The number of hydrogen-bond acceptors (Lipinski definition) is 3. The predicted molar refractivity (Wildman–Crippen MR) is 76.6 cm³/mol. The first-order chi connectivity index (χ1) is 8.33. The first-order valence-corrected chi connectivity index (χ1v) is 9.29. The van der Waals surface area contributed by atoms with E-state index >= 15 is 0 Å². The summed E-state index contributed by atoms with van der Waals surface area (Å²) in [4.78, 5) is 0. The highest BCUT2D eigenvalue weighted by atomic mass is 28.4. The highest BCUT2D eigenvalue weighted by Gasteiger charge is 2.46. The van der Waals surface area contributed by atoms with Crippen LogP contribution in [0.25, 0.3) is 0 Å². The lowest BCUT2D eigenvalue weighted by molar-refractivity contribution is -0.00221. The molecule has 0 saturated heterocycles. The molecule has 0 unspecified atom stereocenters. The molecule has 3 nitrogen and oxygen atoms in total. The van der Waals surface area contributed by atoms with Crippen molar-refractivity contribution < 1.29 is 13.3 Å². The van der Waals surface area contributed by atoms with Gasteiger partial charge in [-0.3, -0.25) is 0 Å². The van der Waals surface area contributed by atoms with Gasteiger partial charge in [-0.05, 0) is 47.5 Å². The van der Waals surface area contributed by atoms with Gasteiger partial charge in [-0.15, -0.1) is 0 Å². The lowest BCUT2D eigenvalue weighted by Gasteiger charge is -2.38. The van der Waals surface area contributed by atoms with Gasteiger partial charge in [0.05, 0.1) is 0 Å². The van der Waals surface area contributed by atoms with Gasteiger partial charge in [-0.1, -0.05) is 19.3 Å². The largest absolute Gasteiger partial charge is 0.501 e. The molecule has 0 spiro atoms. The molecule has 108 valence electrons. The quantitative estimate of drug-likeness (QED) is 0.626. The Labute approximate surface area is 114 Å². The third-order valence-electron chi connectivity index (χ3n) is 3.01. The maximum Gasteiger partial charge on any atom is 0.501 e. The summed E-state index contributed by atoms with van der Waals surface area (Å²) in [5, 5.41) is 0.